The summed E-state index contributed by atoms with van der Waals surface area (Å²) in [7, 11) is 1.38. The zero-order valence-electron chi connectivity index (χ0n) is 14.8. The lowest BCUT2D eigenvalue weighted by Crippen LogP contribution is -2.38. The van der Waals surface area contributed by atoms with E-state index in [2.05, 4.69) is 20.4 Å². The van der Waals surface area contributed by atoms with Gasteiger partial charge in [0.05, 0.1) is 13.5 Å². The summed E-state index contributed by atoms with van der Waals surface area (Å²) in [6, 6.07) is 0. The number of halogens is 1. The van der Waals surface area contributed by atoms with E-state index in [0.717, 1.165) is 45.3 Å². The van der Waals surface area contributed by atoms with Crippen molar-refractivity contribution in [3.05, 3.63) is 0 Å². The summed E-state index contributed by atoms with van der Waals surface area (Å²) >= 11 is 0. The maximum Gasteiger partial charge on any atom is 0.307 e. The highest BCUT2D eigenvalue weighted by Crippen LogP contribution is 2.11. The van der Waals surface area contributed by atoms with Gasteiger partial charge >= 0.3 is 5.97 Å². The van der Waals surface area contributed by atoms with E-state index in [1.54, 1.807) is 0 Å². The average Bonchev–Trinajstić information content (AvgIpc) is 2.75. The predicted molar refractivity (Wildman–Crippen MR) is 106 cm³/mol. The third kappa shape index (κ3) is 9.94. The zero-order valence-corrected chi connectivity index (χ0v) is 17.1. The molecule has 140 valence electrons. The summed E-state index contributed by atoms with van der Waals surface area (Å²) in [5, 5.41) is 6.24. The number of carbonyl (C=O) groups is 2. The molecule has 8 heteroatoms. The molecule has 1 aliphatic rings. The molecule has 2 N–H and O–H groups in total. The van der Waals surface area contributed by atoms with Gasteiger partial charge in [-0.1, -0.05) is 6.42 Å². The Hall–Kier alpha value is -1.06. The summed E-state index contributed by atoms with van der Waals surface area (Å²) in [6.45, 7) is 5.53. The van der Waals surface area contributed by atoms with Gasteiger partial charge in [-0.25, -0.2) is 0 Å². The minimum atomic E-state index is -0.243. The highest BCUT2D eigenvalue weighted by atomic mass is 127. The van der Waals surface area contributed by atoms with Crippen LogP contribution in [0.3, 0.4) is 0 Å². The molecule has 7 nitrogen and oxygen atoms in total. The molecule has 1 amide bonds. The SMILES string of the molecule is CCNC(=NCCCN1CCCCCC1=O)NCCC(=O)OC.I. The van der Waals surface area contributed by atoms with Crippen molar-refractivity contribution in [1.82, 2.24) is 15.5 Å². The van der Waals surface area contributed by atoms with Crippen LogP contribution < -0.4 is 10.6 Å². The van der Waals surface area contributed by atoms with Crippen LogP contribution in [0.15, 0.2) is 4.99 Å². The van der Waals surface area contributed by atoms with Gasteiger partial charge in [-0.05, 0) is 26.2 Å². The Morgan fingerprint density at radius 3 is 2.79 bits per heavy atom. The first-order valence-corrected chi connectivity index (χ1v) is 8.54. The standard InChI is InChI=1S/C16H30N4O3.HI/c1-3-17-16(19-11-9-15(22)23-2)18-10-7-13-20-12-6-4-5-8-14(20)21;/h3-13H2,1-2H3,(H2,17,18,19);1H. The van der Waals surface area contributed by atoms with E-state index in [1.165, 1.54) is 7.11 Å². The Morgan fingerprint density at radius 1 is 1.29 bits per heavy atom. The van der Waals surface area contributed by atoms with Gasteiger partial charge in [0.1, 0.15) is 0 Å². The van der Waals surface area contributed by atoms with Crippen LogP contribution in [-0.2, 0) is 14.3 Å². The number of aliphatic imine (C=N–C) groups is 1. The van der Waals surface area contributed by atoms with E-state index in [-0.39, 0.29) is 35.9 Å². The minimum Gasteiger partial charge on any atom is -0.469 e. The van der Waals surface area contributed by atoms with Crippen molar-refractivity contribution in [3.8, 4) is 0 Å². The largest absolute Gasteiger partial charge is 0.469 e. The third-order valence-corrected chi connectivity index (χ3v) is 3.72. The van der Waals surface area contributed by atoms with Crippen molar-refractivity contribution in [2.45, 2.75) is 45.4 Å². The van der Waals surface area contributed by atoms with Crippen molar-refractivity contribution >= 4 is 41.8 Å². The monoisotopic (exact) mass is 454 g/mol. The molecular weight excluding hydrogens is 423 g/mol. The fourth-order valence-corrected chi connectivity index (χ4v) is 2.45. The lowest BCUT2D eigenvalue weighted by Gasteiger charge is -2.20. The van der Waals surface area contributed by atoms with Gasteiger partial charge < -0.3 is 20.3 Å². The van der Waals surface area contributed by atoms with Crippen LogP contribution in [0, 0.1) is 0 Å². The van der Waals surface area contributed by atoms with Crippen molar-refractivity contribution in [1.29, 1.82) is 0 Å². The molecular formula is C16H31IN4O3. The molecule has 1 saturated heterocycles. The number of nitrogens with one attached hydrogen (secondary N) is 2. The van der Waals surface area contributed by atoms with E-state index in [4.69, 9.17) is 0 Å². The van der Waals surface area contributed by atoms with Gasteiger partial charge in [-0.2, -0.15) is 0 Å². The van der Waals surface area contributed by atoms with Crippen LogP contribution in [0.5, 0.6) is 0 Å². The first-order chi connectivity index (χ1) is 11.2. The highest BCUT2D eigenvalue weighted by molar-refractivity contribution is 14.0. The number of likely N-dealkylation sites (tertiary alicyclic amines) is 1. The van der Waals surface area contributed by atoms with E-state index in [0.29, 0.717) is 31.9 Å². The summed E-state index contributed by atoms with van der Waals surface area (Å²) in [6.07, 6.45) is 5.10. The Bertz CT molecular complexity index is 405. The smallest absolute Gasteiger partial charge is 0.307 e. The number of amides is 1. The molecule has 24 heavy (non-hydrogen) atoms. The van der Waals surface area contributed by atoms with Crippen LogP contribution in [-0.4, -0.2) is 62.6 Å². The Kier molecular flexibility index (Phi) is 13.7. The van der Waals surface area contributed by atoms with Gasteiger partial charge in [0.15, 0.2) is 5.96 Å². The Labute approximate surface area is 162 Å². The minimum absolute atomic E-state index is 0. The number of hydrogen-bond acceptors (Lipinski definition) is 4. The lowest BCUT2D eigenvalue weighted by atomic mass is 10.2. The maximum absolute atomic E-state index is 11.9. The molecule has 0 atom stereocenters. The van der Waals surface area contributed by atoms with Gasteiger partial charge in [0, 0.05) is 39.1 Å². The molecule has 1 rings (SSSR count). The number of ether oxygens (including phenoxy) is 1. The topological polar surface area (TPSA) is 83.0 Å². The molecule has 0 aromatic heterocycles. The van der Waals surface area contributed by atoms with Crippen molar-refractivity contribution in [2.75, 3.05) is 39.8 Å². The lowest BCUT2D eigenvalue weighted by molar-refractivity contribution is -0.140. The second-order valence-electron chi connectivity index (χ2n) is 5.56. The third-order valence-electron chi connectivity index (χ3n) is 3.72. The van der Waals surface area contributed by atoms with Crippen molar-refractivity contribution in [3.63, 3.8) is 0 Å². The fourth-order valence-electron chi connectivity index (χ4n) is 2.45. The zero-order chi connectivity index (χ0) is 16.9. The van der Waals surface area contributed by atoms with E-state index >= 15 is 0 Å². The van der Waals surface area contributed by atoms with Crippen LogP contribution in [0.2, 0.25) is 0 Å². The molecule has 0 aromatic carbocycles. The summed E-state index contributed by atoms with van der Waals surface area (Å²) in [4.78, 5) is 29.4. The maximum atomic E-state index is 11.9. The van der Waals surface area contributed by atoms with Crippen LogP contribution in [0.25, 0.3) is 0 Å². The molecule has 0 aliphatic carbocycles. The number of methoxy groups -OCH3 is 1. The van der Waals surface area contributed by atoms with E-state index in [1.807, 2.05) is 11.8 Å². The van der Waals surface area contributed by atoms with Gasteiger partial charge in [-0.3, -0.25) is 14.6 Å². The summed E-state index contributed by atoms with van der Waals surface area (Å²) in [5.41, 5.74) is 0. The molecule has 1 fully saturated rings. The molecule has 0 spiro atoms. The fraction of sp³-hybridized carbons (Fsp3) is 0.812. The number of nitrogens with zero attached hydrogens (tertiary/aromatic N) is 2. The molecule has 1 aliphatic heterocycles. The predicted octanol–water partition coefficient (Wildman–Crippen LogP) is 1.52. The second kappa shape index (κ2) is 14.3. The quantitative estimate of drug-likeness (QED) is 0.191. The molecule has 0 unspecified atom stereocenters. The summed E-state index contributed by atoms with van der Waals surface area (Å²) < 4.78 is 4.60. The first-order valence-electron chi connectivity index (χ1n) is 8.54. The van der Waals surface area contributed by atoms with Gasteiger partial charge in [0.25, 0.3) is 0 Å². The Balaban J connectivity index is 0.00000529. The molecule has 0 radical (unpaired) electrons. The molecule has 0 aromatic rings. The molecule has 1 heterocycles. The van der Waals surface area contributed by atoms with Crippen LogP contribution in [0.4, 0.5) is 0 Å². The van der Waals surface area contributed by atoms with Crippen molar-refractivity contribution in [2.24, 2.45) is 4.99 Å². The first kappa shape index (κ1) is 22.9. The summed E-state index contributed by atoms with van der Waals surface area (Å²) in [5.74, 6) is 0.723. The molecule has 0 saturated carbocycles. The number of carbonyl (C=O) groups excluding carboxylic acids is 2. The van der Waals surface area contributed by atoms with Gasteiger partial charge in [-0.15, -0.1) is 24.0 Å². The van der Waals surface area contributed by atoms with Crippen LogP contribution in [0.1, 0.15) is 45.4 Å². The number of rotatable bonds is 8. The second-order valence-corrected chi connectivity index (χ2v) is 5.56. The Morgan fingerprint density at radius 2 is 2.08 bits per heavy atom. The average molecular weight is 454 g/mol. The van der Waals surface area contributed by atoms with Gasteiger partial charge in [0.2, 0.25) is 5.91 Å². The van der Waals surface area contributed by atoms with Crippen molar-refractivity contribution < 1.29 is 14.3 Å². The number of esters is 1. The number of guanidine groups is 1. The van der Waals surface area contributed by atoms with E-state index in [9.17, 15) is 9.59 Å². The van der Waals surface area contributed by atoms with E-state index < -0.39 is 0 Å². The highest BCUT2D eigenvalue weighted by Gasteiger charge is 2.15. The number of hydrogen-bond donors (Lipinski definition) is 2. The van der Waals surface area contributed by atoms with Crippen LogP contribution >= 0.6 is 24.0 Å². The normalized spacial score (nSPS) is 15.3. The molecule has 0 bridgehead atoms.